The Morgan fingerprint density at radius 3 is 2.70 bits per heavy atom. The minimum Gasteiger partial charge on any atom is -0.480 e. The van der Waals surface area contributed by atoms with Crippen LogP contribution in [0.4, 0.5) is 0 Å². The SMILES string of the molecule is CN1CCC(c2nc(Cl)c3n2C(C(=O)O)CCC3)CC1. The molecule has 1 fully saturated rings. The van der Waals surface area contributed by atoms with Crippen LogP contribution in [0.15, 0.2) is 0 Å². The van der Waals surface area contributed by atoms with Crippen LogP contribution in [0.25, 0.3) is 0 Å². The van der Waals surface area contributed by atoms with Gasteiger partial charge in [0.25, 0.3) is 0 Å². The first-order valence-corrected chi connectivity index (χ1v) is 7.63. The number of aromatic nitrogens is 2. The van der Waals surface area contributed by atoms with Gasteiger partial charge in [0.1, 0.15) is 11.9 Å². The van der Waals surface area contributed by atoms with Crippen molar-refractivity contribution in [3.8, 4) is 0 Å². The molecule has 1 N–H and O–H groups in total. The highest BCUT2D eigenvalue weighted by Gasteiger charge is 2.34. The number of hydrogen-bond donors (Lipinski definition) is 1. The van der Waals surface area contributed by atoms with E-state index in [1.165, 1.54) is 0 Å². The number of fused-ring (bicyclic) bond motifs is 1. The summed E-state index contributed by atoms with van der Waals surface area (Å²) in [6.45, 7) is 2.06. The van der Waals surface area contributed by atoms with Crippen molar-refractivity contribution in [1.82, 2.24) is 14.5 Å². The Hall–Kier alpha value is -1.07. The third kappa shape index (κ3) is 2.33. The van der Waals surface area contributed by atoms with Crippen LogP contribution in [0.5, 0.6) is 0 Å². The van der Waals surface area contributed by atoms with Crippen LogP contribution < -0.4 is 0 Å². The van der Waals surface area contributed by atoms with Gasteiger partial charge in [-0.05, 0) is 52.2 Å². The van der Waals surface area contributed by atoms with E-state index in [4.69, 9.17) is 11.6 Å². The second-order valence-corrected chi connectivity index (χ2v) is 6.26. The monoisotopic (exact) mass is 297 g/mol. The molecular weight excluding hydrogens is 278 g/mol. The number of carboxylic acid groups (broad SMARTS) is 1. The Balaban J connectivity index is 1.97. The lowest BCUT2D eigenvalue weighted by Crippen LogP contribution is -2.32. The molecule has 2 aliphatic rings. The van der Waals surface area contributed by atoms with E-state index in [0.29, 0.717) is 17.5 Å². The van der Waals surface area contributed by atoms with Crippen molar-refractivity contribution in [2.45, 2.75) is 44.1 Å². The predicted molar refractivity (Wildman–Crippen MR) is 76.3 cm³/mol. The first kappa shape index (κ1) is 13.9. The van der Waals surface area contributed by atoms with E-state index < -0.39 is 12.0 Å². The van der Waals surface area contributed by atoms with Crippen molar-refractivity contribution in [3.05, 3.63) is 16.7 Å². The molecule has 6 heteroatoms. The minimum atomic E-state index is -0.769. The van der Waals surface area contributed by atoms with Crippen molar-refractivity contribution in [2.75, 3.05) is 20.1 Å². The standard InChI is InChI=1S/C14H20ClN3O2/c1-17-7-5-9(6-8-17)13-16-12(15)10-3-2-4-11(14(19)20)18(10)13/h9,11H,2-8H2,1H3,(H,19,20). The van der Waals surface area contributed by atoms with Gasteiger partial charge in [0.05, 0.1) is 5.69 Å². The Kier molecular flexibility index (Phi) is 3.73. The van der Waals surface area contributed by atoms with Crippen molar-refractivity contribution < 1.29 is 9.90 Å². The highest BCUT2D eigenvalue weighted by molar-refractivity contribution is 6.30. The van der Waals surface area contributed by atoms with Gasteiger partial charge in [0.2, 0.25) is 0 Å². The molecule has 0 aromatic carbocycles. The first-order valence-electron chi connectivity index (χ1n) is 7.25. The van der Waals surface area contributed by atoms with Crippen molar-refractivity contribution in [2.24, 2.45) is 0 Å². The van der Waals surface area contributed by atoms with Gasteiger partial charge in [-0.15, -0.1) is 0 Å². The molecule has 1 aromatic heterocycles. The molecule has 3 rings (SSSR count). The summed E-state index contributed by atoms with van der Waals surface area (Å²) in [6, 6.07) is -0.492. The quantitative estimate of drug-likeness (QED) is 0.910. The third-order valence-corrected chi connectivity index (χ3v) is 4.86. The molecule has 0 radical (unpaired) electrons. The normalized spacial score (nSPS) is 24.6. The van der Waals surface area contributed by atoms with Gasteiger partial charge in [-0.2, -0.15) is 0 Å². The third-order valence-electron chi connectivity index (χ3n) is 4.56. The lowest BCUT2D eigenvalue weighted by Gasteiger charge is -2.31. The zero-order valence-electron chi connectivity index (χ0n) is 11.7. The summed E-state index contributed by atoms with van der Waals surface area (Å²) in [5, 5.41) is 9.96. The van der Waals surface area contributed by atoms with E-state index in [-0.39, 0.29) is 0 Å². The number of carbonyl (C=O) groups is 1. The Labute approximate surface area is 123 Å². The van der Waals surface area contributed by atoms with Crippen LogP contribution in [-0.4, -0.2) is 45.7 Å². The van der Waals surface area contributed by atoms with Crippen LogP contribution >= 0.6 is 11.6 Å². The summed E-state index contributed by atoms with van der Waals surface area (Å²) >= 11 is 6.25. The summed E-state index contributed by atoms with van der Waals surface area (Å²) in [4.78, 5) is 18.3. The molecule has 0 amide bonds. The van der Waals surface area contributed by atoms with E-state index >= 15 is 0 Å². The second kappa shape index (κ2) is 5.37. The van der Waals surface area contributed by atoms with Gasteiger partial charge in [-0.1, -0.05) is 11.6 Å². The van der Waals surface area contributed by atoms with Crippen LogP contribution in [0.1, 0.15) is 49.2 Å². The summed E-state index contributed by atoms with van der Waals surface area (Å²) in [7, 11) is 2.12. The van der Waals surface area contributed by atoms with Crippen molar-refractivity contribution in [3.63, 3.8) is 0 Å². The van der Waals surface area contributed by atoms with Crippen LogP contribution in [0.2, 0.25) is 5.15 Å². The second-order valence-electron chi connectivity index (χ2n) is 5.90. The summed E-state index contributed by atoms with van der Waals surface area (Å²) in [5.41, 5.74) is 0.916. The average molecular weight is 298 g/mol. The number of hydrogen-bond acceptors (Lipinski definition) is 3. The maximum absolute atomic E-state index is 11.5. The number of imidazole rings is 1. The molecule has 1 unspecified atom stereocenters. The van der Waals surface area contributed by atoms with Gasteiger partial charge >= 0.3 is 5.97 Å². The van der Waals surface area contributed by atoms with Gasteiger partial charge in [0, 0.05) is 5.92 Å². The maximum atomic E-state index is 11.5. The number of carboxylic acids is 1. The number of rotatable bonds is 2. The van der Waals surface area contributed by atoms with Gasteiger partial charge in [-0.25, -0.2) is 9.78 Å². The fraction of sp³-hybridized carbons (Fsp3) is 0.714. The fourth-order valence-corrected chi connectivity index (χ4v) is 3.68. The van der Waals surface area contributed by atoms with Crippen LogP contribution in [0, 0.1) is 0 Å². The number of nitrogens with zero attached hydrogens (tertiary/aromatic N) is 3. The van der Waals surface area contributed by atoms with E-state index in [9.17, 15) is 9.90 Å². The molecule has 5 nitrogen and oxygen atoms in total. The molecule has 1 atom stereocenters. The smallest absolute Gasteiger partial charge is 0.326 e. The maximum Gasteiger partial charge on any atom is 0.326 e. The van der Waals surface area contributed by atoms with E-state index in [2.05, 4.69) is 16.9 Å². The molecule has 0 spiro atoms. The Morgan fingerprint density at radius 2 is 2.05 bits per heavy atom. The molecular formula is C14H20ClN3O2. The minimum absolute atomic E-state index is 0.331. The number of piperidine rings is 1. The molecule has 0 aliphatic carbocycles. The lowest BCUT2D eigenvalue weighted by molar-refractivity contribution is -0.141. The van der Waals surface area contributed by atoms with Gasteiger partial charge in [-0.3, -0.25) is 0 Å². The molecule has 20 heavy (non-hydrogen) atoms. The number of aliphatic carboxylic acids is 1. The summed E-state index contributed by atoms with van der Waals surface area (Å²) in [5.74, 6) is 0.455. The van der Waals surface area contributed by atoms with E-state index in [1.807, 2.05) is 4.57 Å². The average Bonchev–Trinajstić information content (AvgIpc) is 2.77. The summed E-state index contributed by atoms with van der Waals surface area (Å²) in [6.07, 6.45) is 4.43. The zero-order chi connectivity index (χ0) is 14.3. The fourth-order valence-electron chi connectivity index (χ4n) is 3.41. The molecule has 110 valence electrons. The largest absolute Gasteiger partial charge is 0.480 e. The first-order chi connectivity index (χ1) is 9.58. The molecule has 1 saturated heterocycles. The van der Waals surface area contributed by atoms with Gasteiger partial charge in [0.15, 0.2) is 5.15 Å². The molecule has 3 heterocycles. The van der Waals surface area contributed by atoms with E-state index in [1.54, 1.807) is 0 Å². The van der Waals surface area contributed by atoms with Gasteiger partial charge < -0.3 is 14.6 Å². The predicted octanol–water partition coefficient (Wildman–Crippen LogP) is 2.31. The van der Waals surface area contributed by atoms with Crippen molar-refractivity contribution in [1.29, 1.82) is 0 Å². The summed E-state index contributed by atoms with van der Waals surface area (Å²) < 4.78 is 1.92. The molecule has 2 aliphatic heterocycles. The molecule has 0 saturated carbocycles. The lowest BCUT2D eigenvalue weighted by atomic mass is 9.94. The molecule has 1 aromatic rings. The van der Waals surface area contributed by atoms with Crippen molar-refractivity contribution >= 4 is 17.6 Å². The Morgan fingerprint density at radius 1 is 1.35 bits per heavy atom. The highest BCUT2D eigenvalue weighted by atomic mass is 35.5. The zero-order valence-corrected chi connectivity index (χ0v) is 12.4. The topological polar surface area (TPSA) is 58.4 Å². The van der Waals surface area contributed by atoms with Crippen LogP contribution in [-0.2, 0) is 11.2 Å². The number of halogens is 1. The molecule has 0 bridgehead atoms. The number of likely N-dealkylation sites (tertiary alicyclic amines) is 1. The van der Waals surface area contributed by atoms with Crippen LogP contribution in [0.3, 0.4) is 0 Å². The highest BCUT2D eigenvalue weighted by Crippen LogP contribution is 2.37. The van der Waals surface area contributed by atoms with E-state index in [0.717, 1.165) is 50.3 Å². The Bertz CT molecular complexity index is 521.